The molecule has 26 heavy (non-hydrogen) atoms. The first-order valence-electron chi connectivity index (χ1n) is 9.26. The fraction of sp³-hybridized carbons (Fsp3) is 0.217. The van der Waals surface area contributed by atoms with Gasteiger partial charge in [-0.15, -0.1) is 0 Å². The van der Waals surface area contributed by atoms with E-state index in [-0.39, 0.29) is 0 Å². The van der Waals surface area contributed by atoms with E-state index in [1.54, 1.807) is 0 Å². The normalized spacial score (nSPS) is 15.3. The topological polar surface area (TPSA) is 40.5 Å². The number of allylic oxidation sites excluding steroid dienone is 4. The van der Waals surface area contributed by atoms with E-state index in [1.807, 2.05) is 68.5 Å². The van der Waals surface area contributed by atoms with Crippen LogP contribution in [-0.4, -0.2) is 17.2 Å². The fourth-order valence-corrected chi connectivity index (χ4v) is 3.19. The van der Waals surface area contributed by atoms with E-state index < -0.39 is 7.12 Å². The van der Waals surface area contributed by atoms with Crippen LogP contribution in [0.15, 0.2) is 78.4 Å². The van der Waals surface area contributed by atoms with Crippen molar-refractivity contribution in [1.29, 1.82) is 0 Å². The summed E-state index contributed by atoms with van der Waals surface area (Å²) in [6.07, 6.45) is 7.80. The van der Waals surface area contributed by atoms with E-state index in [2.05, 4.69) is 25.1 Å². The zero-order valence-corrected chi connectivity index (χ0v) is 15.8. The molecule has 0 spiro atoms. The Morgan fingerprint density at radius 1 is 0.885 bits per heavy atom. The van der Waals surface area contributed by atoms with Crippen molar-refractivity contribution >= 4 is 18.2 Å². The second kappa shape index (κ2) is 9.96. The SMILES string of the molecule is C/C(c1ccccc1)=c1/cccc/c1=C(\B(O)O)C1=CC=CCC1.CC. The first-order valence-corrected chi connectivity index (χ1v) is 9.26. The summed E-state index contributed by atoms with van der Waals surface area (Å²) < 4.78 is 0. The highest BCUT2D eigenvalue weighted by Gasteiger charge is 2.20. The van der Waals surface area contributed by atoms with Crippen LogP contribution in [0, 0.1) is 0 Å². The third kappa shape index (κ3) is 4.63. The molecule has 0 saturated heterocycles. The van der Waals surface area contributed by atoms with Crippen molar-refractivity contribution in [1.82, 2.24) is 0 Å². The van der Waals surface area contributed by atoms with Crippen molar-refractivity contribution in [3.8, 4) is 0 Å². The van der Waals surface area contributed by atoms with Crippen molar-refractivity contribution in [3.63, 3.8) is 0 Å². The summed E-state index contributed by atoms with van der Waals surface area (Å²) in [7, 11) is -1.49. The van der Waals surface area contributed by atoms with E-state index in [0.717, 1.165) is 40.0 Å². The molecule has 0 bridgehead atoms. The molecule has 0 radical (unpaired) electrons. The minimum Gasteiger partial charge on any atom is -0.423 e. The molecule has 1 aliphatic carbocycles. The highest BCUT2D eigenvalue weighted by Crippen LogP contribution is 2.21. The highest BCUT2D eigenvalue weighted by molar-refractivity contribution is 6.65. The van der Waals surface area contributed by atoms with Crippen molar-refractivity contribution in [3.05, 3.63) is 94.4 Å². The predicted octanol–water partition coefficient (Wildman–Crippen LogP) is 3.37. The van der Waals surface area contributed by atoms with Gasteiger partial charge in [0.25, 0.3) is 0 Å². The predicted molar refractivity (Wildman–Crippen MR) is 112 cm³/mol. The molecule has 134 valence electrons. The number of hydrogen-bond acceptors (Lipinski definition) is 2. The van der Waals surface area contributed by atoms with Gasteiger partial charge in [-0.05, 0) is 52.4 Å². The van der Waals surface area contributed by atoms with Crippen LogP contribution in [0.1, 0.15) is 39.2 Å². The summed E-state index contributed by atoms with van der Waals surface area (Å²) in [6.45, 7) is 6.07. The second-order valence-electron chi connectivity index (χ2n) is 5.98. The molecule has 0 amide bonds. The van der Waals surface area contributed by atoms with Crippen LogP contribution < -0.4 is 10.4 Å². The molecule has 3 rings (SSSR count). The van der Waals surface area contributed by atoms with E-state index in [1.165, 1.54) is 0 Å². The van der Waals surface area contributed by atoms with Gasteiger partial charge >= 0.3 is 7.12 Å². The third-order valence-corrected chi connectivity index (χ3v) is 4.45. The van der Waals surface area contributed by atoms with E-state index >= 15 is 0 Å². The van der Waals surface area contributed by atoms with Crippen molar-refractivity contribution in [2.45, 2.75) is 33.6 Å². The zero-order chi connectivity index (χ0) is 18.9. The Bertz CT molecular complexity index is 893. The second-order valence-corrected chi connectivity index (χ2v) is 5.98. The van der Waals surface area contributed by atoms with E-state index in [4.69, 9.17) is 0 Å². The first kappa shape index (κ1) is 20.0. The Labute approximate surface area is 156 Å². The largest absolute Gasteiger partial charge is 0.489 e. The van der Waals surface area contributed by atoms with Crippen LogP contribution in [0.3, 0.4) is 0 Å². The fourth-order valence-electron chi connectivity index (χ4n) is 3.19. The molecule has 0 unspecified atom stereocenters. The summed E-state index contributed by atoms with van der Waals surface area (Å²) in [5.41, 5.74) is 3.84. The molecular weight excluding hydrogens is 319 g/mol. The van der Waals surface area contributed by atoms with Crippen LogP contribution in [0.4, 0.5) is 0 Å². The van der Waals surface area contributed by atoms with Gasteiger partial charge in [-0.3, -0.25) is 0 Å². The molecule has 0 aromatic heterocycles. The molecule has 1 aliphatic rings. The molecule has 2 aromatic carbocycles. The molecule has 2 nitrogen and oxygen atoms in total. The molecule has 0 fully saturated rings. The number of hydrogen-bond donors (Lipinski definition) is 2. The first-order chi connectivity index (χ1) is 12.7. The van der Waals surface area contributed by atoms with Gasteiger partial charge < -0.3 is 10.0 Å². The van der Waals surface area contributed by atoms with E-state index in [9.17, 15) is 10.0 Å². The van der Waals surface area contributed by atoms with Gasteiger partial charge in [-0.1, -0.05) is 86.7 Å². The lowest BCUT2D eigenvalue weighted by atomic mass is 9.71. The minimum absolute atomic E-state index is 0.602. The van der Waals surface area contributed by atoms with Gasteiger partial charge in [-0.25, -0.2) is 0 Å². The molecule has 2 N–H and O–H groups in total. The summed E-state index contributed by atoms with van der Waals surface area (Å²) in [5.74, 6) is 0. The van der Waals surface area contributed by atoms with Gasteiger partial charge in [0.1, 0.15) is 0 Å². The van der Waals surface area contributed by atoms with Crippen LogP contribution in [-0.2, 0) is 0 Å². The lowest BCUT2D eigenvalue weighted by Gasteiger charge is -2.14. The maximum absolute atomic E-state index is 10.0. The molecule has 3 heteroatoms. The van der Waals surface area contributed by atoms with Gasteiger partial charge in [-0.2, -0.15) is 0 Å². The summed E-state index contributed by atoms with van der Waals surface area (Å²) in [5, 5.41) is 22.0. The molecule has 2 aromatic rings. The van der Waals surface area contributed by atoms with Crippen molar-refractivity contribution < 1.29 is 10.0 Å². The molecule has 0 saturated carbocycles. The van der Waals surface area contributed by atoms with Crippen LogP contribution in [0.25, 0.3) is 11.0 Å². The summed E-state index contributed by atoms with van der Waals surface area (Å²) >= 11 is 0. The Hall–Kier alpha value is -2.36. The highest BCUT2D eigenvalue weighted by atomic mass is 16.4. The van der Waals surface area contributed by atoms with E-state index in [0.29, 0.717) is 5.47 Å². The van der Waals surface area contributed by atoms with Crippen molar-refractivity contribution in [2.75, 3.05) is 0 Å². The van der Waals surface area contributed by atoms with Crippen molar-refractivity contribution in [2.24, 2.45) is 0 Å². The molecule has 0 atom stereocenters. The molecule has 0 aliphatic heterocycles. The molecule has 0 heterocycles. The lowest BCUT2D eigenvalue weighted by molar-refractivity contribution is 0.426. The van der Waals surface area contributed by atoms with Crippen LogP contribution in [0.5, 0.6) is 0 Å². The Morgan fingerprint density at radius 2 is 1.50 bits per heavy atom. The maximum Gasteiger partial charge on any atom is 0.489 e. The van der Waals surface area contributed by atoms with Gasteiger partial charge in [0.05, 0.1) is 0 Å². The summed E-state index contributed by atoms with van der Waals surface area (Å²) in [6, 6.07) is 18.1. The average Bonchev–Trinajstić information content (AvgIpc) is 2.71. The lowest BCUT2D eigenvalue weighted by Crippen LogP contribution is -2.35. The Kier molecular flexibility index (Phi) is 7.64. The van der Waals surface area contributed by atoms with Crippen LogP contribution in [0.2, 0.25) is 0 Å². The summed E-state index contributed by atoms with van der Waals surface area (Å²) in [4.78, 5) is 0. The van der Waals surface area contributed by atoms with Gasteiger partial charge in [0, 0.05) is 0 Å². The molecular formula is C23H27BO2. The monoisotopic (exact) mass is 346 g/mol. The standard InChI is InChI=1S/C21H21BO2.C2H6/c1-16(17-10-4-2-5-11-17)19-14-8-9-15-20(19)21(22(23)24)18-12-6-3-7-13-18;1-2/h2-6,8-12,14-15,23-24H,7,13H2,1H3;1-2H3/b19-16+,21-20+;. The number of benzene rings is 2. The zero-order valence-electron chi connectivity index (χ0n) is 15.8. The minimum atomic E-state index is -1.49. The smallest absolute Gasteiger partial charge is 0.423 e. The quantitative estimate of drug-likeness (QED) is 0.837. The third-order valence-electron chi connectivity index (χ3n) is 4.45. The maximum atomic E-state index is 10.0. The Balaban J connectivity index is 0.00000117. The van der Waals surface area contributed by atoms with Crippen LogP contribution >= 0.6 is 0 Å². The average molecular weight is 346 g/mol. The van der Waals surface area contributed by atoms with Gasteiger partial charge in [0.2, 0.25) is 0 Å². The number of rotatable bonds is 3. The Morgan fingerprint density at radius 3 is 2.08 bits per heavy atom. The van der Waals surface area contributed by atoms with Gasteiger partial charge in [0.15, 0.2) is 0 Å².